The van der Waals surface area contributed by atoms with E-state index in [1.165, 1.54) is 5.56 Å². The van der Waals surface area contributed by atoms with Crippen LogP contribution in [0.3, 0.4) is 0 Å². The van der Waals surface area contributed by atoms with Crippen molar-refractivity contribution in [2.24, 2.45) is 5.73 Å². The highest BCUT2D eigenvalue weighted by Crippen LogP contribution is 2.27. The molecule has 0 heterocycles. The molecule has 0 atom stereocenters. The third-order valence-corrected chi connectivity index (χ3v) is 3.17. The minimum Gasteiger partial charge on any atom is -0.490 e. The molecule has 0 saturated heterocycles. The van der Waals surface area contributed by atoms with Gasteiger partial charge in [0.25, 0.3) is 0 Å². The first kappa shape index (κ1) is 14.4. The summed E-state index contributed by atoms with van der Waals surface area (Å²) in [6, 6.07) is 14.0. The maximum atomic E-state index is 5.87. The number of ether oxygens (including phenoxy) is 2. The summed E-state index contributed by atoms with van der Waals surface area (Å²) in [6.07, 6.45) is 0. The third kappa shape index (κ3) is 3.52. The first-order chi connectivity index (χ1) is 9.74. The van der Waals surface area contributed by atoms with Crippen molar-refractivity contribution >= 4 is 0 Å². The molecule has 3 heteroatoms. The lowest BCUT2D eigenvalue weighted by Crippen LogP contribution is -2.02. The van der Waals surface area contributed by atoms with E-state index < -0.39 is 0 Å². The molecular formula is C17H21NO2. The fraction of sp³-hybridized carbons (Fsp3) is 0.294. The van der Waals surface area contributed by atoms with Gasteiger partial charge in [0.15, 0.2) is 11.5 Å². The molecular weight excluding hydrogens is 250 g/mol. The third-order valence-electron chi connectivity index (χ3n) is 3.17. The molecule has 106 valence electrons. The normalized spacial score (nSPS) is 10.3. The fourth-order valence-corrected chi connectivity index (χ4v) is 2.05. The van der Waals surface area contributed by atoms with Gasteiger partial charge in [-0.15, -0.1) is 0 Å². The minimum atomic E-state index is 0.529. The van der Waals surface area contributed by atoms with Crippen molar-refractivity contribution in [3.8, 4) is 11.5 Å². The Kier molecular flexibility index (Phi) is 5.02. The molecule has 0 fully saturated rings. The lowest BCUT2D eigenvalue weighted by atomic mass is 10.1. The number of rotatable bonds is 6. The molecule has 2 aromatic carbocycles. The maximum absolute atomic E-state index is 5.87. The molecule has 0 aliphatic carbocycles. The van der Waals surface area contributed by atoms with Gasteiger partial charge >= 0.3 is 0 Å². The molecule has 0 unspecified atom stereocenters. The van der Waals surface area contributed by atoms with E-state index in [1.54, 1.807) is 0 Å². The van der Waals surface area contributed by atoms with E-state index in [0.29, 0.717) is 19.8 Å². The first-order valence-corrected chi connectivity index (χ1v) is 6.87. The van der Waals surface area contributed by atoms with Crippen LogP contribution >= 0.6 is 0 Å². The number of benzene rings is 2. The average molecular weight is 271 g/mol. The maximum Gasteiger partial charge on any atom is 0.161 e. The fourth-order valence-electron chi connectivity index (χ4n) is 2.05. The molecule has 2 aromatic rings. The van der Waals surface area contributed by atoms with E-state index in [9.17, 15) is 0 Å². The van der Waals surface area contributed by atoms with Crippen LogP contribution in [0.2, 0.25) is 0 Å². The topological polar surface area (TPSA) is 44.5 Å². The van der Waals surface area contributed by atoms with Gasteiger partial charge in [0.1, 0.15) is 6.61 Å². The highest BCUT2D eigenvalue weighted by atomic mass is 16.5. The van der Waals surface area contributed by atoms with Crippen LogP contribution in [0.15, 0.2) is 42.5 Å². The second-order valence-electron chi connectivity index (χ2n) is 4.63. The van der Waals surface area contributed by atoms with Crippen molar-refractivity contribution in [3.63, 3.8) is 0 Å². The molecule has 2 rings (SSSR count). The molecule has 0 aliphatic rings. The van der Waals surface area contributed by atoms with Gasteiger partial charge in [-0.2, -0.15) is 0 Å². The van der Waals surface area contributed by atoms with E-state index in [4.69, 9.17) is 15.2 Å². The molecule has 2 N–H and O–H groups in total. The Hall–Kier alpha value is -2.00. The van der Waals surface area contributed by atoms with Crippen LogP contribution in [0.5, 0.6) is 11.5 Å². The summed E-state index contributed by atoms with van der Waals surface area (Å²) in [7, 11) is 0. The summed E-state index contributed by atoms with van der Waals surface area (Å²) in [5, 5.41) is 0. The Bertz CT molecular complexity index is 567. The standard InChI is InChI=1S/C17H21NO2/c1-3-19-16-6-4-5-7-17(16)20-12-15-9-8-14(11-18)10-13(15)2/h4-10H,3,11-12,18H2,1-2H3. The van der Waals surface area contributed by atoms with E-state index in [1.807, 2.05) is 37.3 Å². The Balaban J connectivity index is 2.09. The number of para-hydroxylation sites is 2. The highest BCUT2D eigenvalue weighted by Gasteiger charge is 2.05. The second kappa shape index (κ2) is 6.96. The number of nitrogens with two attached hydrogens (primary N) is 1. The molecule has 0 spiro atoms. The lowest BCUT2D eigenvalue weighted by molar-refractivity contribution is 0.269. The van der Waals surface area contributed by atoms with Crippen LogP contribution in [-0.4, -0.2) is 6.61 Å². The summed E-state index contributed by atoms with van der Waals surface area (Å²) in [5.74, 6) is 1.56. The molecule has 0 amide bonds. The van der Waals surface area contributed by atoms with Crippen LogP contribution in [0.25, 0.3) is 0 Å². The largest absolute Gasteiger partial charge is 0.490 e. The van der Waals surface area contributed by atoms with Crippen molar-refractivity contribution < 1.29 is 9.47 Å². The van der Waals surface area contributed by atoms with E-state index in [-0.39, 0.29) is 0 Å². The quantitative estimate of drug-likeness (QED) is 0.875. The van der Waals surface area contributed by atoms with Gasteiger partial charge in [0.2, 0.25) is 0 Å². The second-order valence-corrected chi connectivity index (χ2v) is 4.63. The Morgan fingerprint density at radius 2 is 1.70 bits per heavy atom. The van der Waals surface area contributed by atoms with Crippen molar-refractivity contribution in [3.05, 3.63) is 59.2 Å². The first-order valence-electron chi connectivity index (χ1n) is 6.87. The van der Waals surface area contributed by atoms with Crippen LogP contribution < -0.4 is 15.2 Å². The molecule has 0 radical (unpaired) electrons. The molecule has 0 saturated carbocycles. The molecule has 3 nitrogen and oxygen atoms in total. The number of hydrogen-bond acceptors (Lipinski definition) is 3. The average Bonchev–Trinajstić information content (AvgIpc) is 2.47. The van der Waals surface area contributed by atoms with E-state index in [0.717, 1.165) is 22.6 Å². The van der Waals surface area contributed by atoms with E-state index >= 15 is 0 Å². The summed E-state index contributed by atoms with van der Waals surface area (Å²) < 4.78 is 11.4. The number of hydrogen-bond donors (Lipinski definition) is 1. The van der Waals surface area contributed by atoms with Gasteiger partial charge in [-0.3, -0.25) is 0 Å². The van der Waals surface area contributed by atoms with Gasteiger partial charge in [-0.1, -0.05) is 30.3 Å². The predicted octanol–water partition coefficient (Wildman–Crippen LogP) is 3.43. The number of aryl methyl sites for hydroxylation is 1. The van der Waals surface area contributed by atoms with Gasteiger partial charge < -0.3 is 15.2 Å². The lowest BCUT2D eigenvalue weighted by Gasteiger charge is -2.13. The zero-order chi connectivity index (χ0) is 14.4. The molecule has 0 aliphatic heterocycles. The van der Waals surface area contributed by atoms with Crippen molar-refractivity contribution in [1.29, 1.82) is 0 Å². The van der Waals surface area contributed by atoms with Crippen LogP contribution in [-0.2, 0) is 13.2 Å². The molecule has 0 aromatic heterocycles. The summed E-state index contributed by atoms with van der Waals surface area (Å²) >= 11 is 0. The predicted molar refractivity (Wildman–Crippen MR) is 81.0 cm³/mol. The van der Waals surface area contributed by atoms with Crippen LogP contribution in [0.1, 0.15) is 23.6 Å². The SMILES string of the molecule is CCOc1ccccc1OCc1ccc(CN)cc1C. The van der Waals surface area contributed by atoms with Gasteiger partial charge in [-0.25, -0.2) is 0 Å². The summed E-state index contributed by atoms with van der Waals surface area (Å²) in [5.41, 5.74) is 9.14. The Labute approximate surface area is 120 Å². The molecule has 20 heavy (non-hydrogen) atoms. The summed E-state index contributed by atoms with van der Waals surface area (Å²) in [4.78, 5) is 0. The van der Waals surface area contributed by atoms with Crippen molar-refractivity contribution in [1.82, 2.24) is 0 Å². The summed E-state index contributed by atoms with van der Waals surface area (Å²) in [6.45, 7) is 5.76. The van der Waals surface area contributed by atoms with Gasteiger partial charge in [0.05, 0.1) is 6.61 Å². The van der Waals surface area contributed by atoms with E-state index in [2.05, 4.69) is 19.1 Å². The van der Waals surface area contributed by atoms with Crippen LogP contribution in [0, 0.1) is 6.92 Å². The monoisotopic (exact) mass is 271 g/mol. The minimum absolute atomic E-state index is 0.529. The molecule has 0 bridgehead atoms. The highest BCUT2D eigenvalue weighted by molar-refractivity contribution is 5.40. The Morgan fingerprint density at radius 3 is 2.30 bits per heavy atom. The van der Waals surface area contributed by atoms with Crippen LogP contribution in [0.4, 0.5) is 0 Å². The zero-order valence-corrected chi connectivity index (χ0v) is 12.1. The van der Waals surface area contributed by atoms with Gasteiger partial charge in [-0.05, 0) is 42.7 Å². The van der Waals surface area contributed by atoms with Crippen molar-refractivity contribution in [2.75, 3.05) is 6.61 Å². The zero-order valence-electron chi connectivity index (χ0n) is 12.1. The van der Waals surface area contributed by atoms with Crippen molar-refractivity contribution in [2.45, 2.75) is 27.0 Å². The smallest absolute Gasteiger partial charge is 0.161 e. The van der Waals surface area contributed by atoms with Gasteiger partial charge in [0, 0.05) is 6.54 Å². The Morgan fingerprint density at radius 1 is 1.00 bits per heavy atom.